The van der Waals surface area contributed by atoms with E-state index in [-0.39, 0.29) is 18.1 Å². The van der Waals surface area contributed by atoms with Crippen LogP contribution in [0.3, 0.4) is 0 Å². The maximum atomic E-state index is 10.9. The van der Waals surface area contributed by atoms with Crippen LogP contribution in [0.4, 0.5) is 4.79 Å². The molecule has 7 heteroatoms. The first-order chi connectivity index (χ1) is 7.47. The molecule has 0 aromatic carbocycles. The number of urea groups is 1. The van der Waals surface area contributed by atoms with Crippen molar-refractivity contribution in [3.05, 3.63) is 12.2 Å². The normalized spacial score (nSPS) is 9.88. The molecule has 3 amide bonds. The molecule has 0 fully saturated rings. The van der Waals surface area contributed by atoms with Gasteiger partial charge in [-0.25, -0.2) is 14.6 Å². The van der Waals surface area contributed by atoms with Gasteiger partial charge in [0.1, 0.15) is 12.5 Å². The monoisotopic (exact) mass is 246 g/mol. The van der Waals surface area contributed by atoms with Gasteiger partial charge in [-0.3, -0.25) is 10.1 Å². The lowest BCUT2D eigenvalue weighted by Crippen LogP contribution is -2.28. The lowest BCUT2D eigenvalue weighted by atomic mass is 10.4. The van der Waals surface area contributed by atoms with Crippen LogP contribution in [0, 0.1) is 0 Å². The molecule has 0 aliphatic rings. The predicted octanol–water partition coefficient (Wildman–Crippen LogP) is 0.651. The highest BCUT2D eigenvalue weighted by molar-refractivity contribution is 6.28. The zero-order chi connectivity index (χ0) is 12.6. The Morgan fingerprint density at radius 3 is 2.62 bits per heavy atom. The number of rotatable bonds is 4. The van der Waals surface area contributed by atoms with E-state index in [9.17, 15) is 14.4 Å². The molecule has 0 unspecified atom stereocenters. The van der Waals surface area contributed by atoms with Gasteiger partial charge in [0.15, 0.2) is 0 Å². The molecule has 0 saturated heterocycles. The number of hydrogen-bond donors (Lipinski definition) is 1. The molecule has 16 heavy (non-hydrogen) atoms. The maximum Gasteiger partial charge on any atom is 0.347 e. The van der Waals surface area contributed by atoms with Gasteiger partial charge in [0.25, 0.3) is 0 Å². The largest absolute Gasteiger partial charge is 0.456 e. The quantitative estimate of drug-likeness (QED) is 0.342. The standard InChI is InChI=1S/C9H11ClN2O4/c1-6(2)8(14)16-4-3-11-9(15)12-7(13)5-10/h3H,1,4-5H2,2H3,(H,12,13,15). The Bertz CT molecular complexity index is 338. The first kappa shape index (κ1) is 14.3. The Balaban J connectivity index is 3.85. The Labute approximate surface area is 97.3 Å². The van der Waals surface area contributed by atoms with Gasteiger partial charge in [-0.15, -0.1) is 11.6 Å². The van der Waals surface area contributed by atoms with Crippen molar-refractivity contribution < 1.29 is 19.1 Å². The van der Waals surface area contributed by atoms with E-state index in [1.165, 1.54) is 6.92 Å². The van der Waals surface area contributed by atoms with Crippen LogP contribution in [-0.4, -0.2) is 36.6 Å². The van der Waals surface area contributed by atoms with E-state index in [0.717, 1.165) is 6.21 Å². The summed E-state index contributed by atoms with van der Waals surface area (Å²) >= 11 is 5.14. The minimum Gasteiger partial charge on any atom is -0.456 e. The molecule has 0 aliphatic heterocycles. The second-order valence-corrected chi connectivity index (χ2v) is 2.94. The number of halogens is 1. The van der Waals surface area contributed by atoms with E-state index in [1.807, 2.05) is 5.32 Å². The summed E-state index contributed by atoms with van der Waals surface area (Å²) in [7, 11) is 0. The Morgan fingerprint density at radius 1 is 1.50 bits per heavy atom. The minimum atomic E-state index is -0.864. The van der Waals surface area contributed by atoms with Crippen molar-refractivity contribution in [3.63, 3.8) is 0 Å². The highest BCUT2D eigenvalue weighted by atomic mass is 35.5. The van der Waals surface area contributed by atoms with Gasteiger partial charge in [-0.1, -0.05) is 6.58 Å². The van der Waals surface area contributed by atoms with Gasteiger partial charge in [-0.2, -0.15) is 0 Å². The molecule has 6 nitrogen and oxygen atoms in total. The number of nitrogens with zero attached hydrogens (tertiary/aromatic N) is 1. The molecule has 0 aromatic heterocycles. The second kappa shape index (κ2) is 7.58. The molecule has 0 bridgehead atoms. The van der Waals surface area contributed by atoms with Crippen LogP contribution in [0.5, 0.6) is 0 Å². The van der Waals surface area contributed by atoms with Gasteiger partial charge in [0.05, 0.1) is 0 Å². The summed E-state index contributed by atoms with van der Waals surface area (Å²) in [5, 5.41) is 1.87. The maximum absolute atomic E-state index is 10.9. The lowest BCUT2D eigenvalue weighted by molar-refractivity contribution is -0.137. The van der Waals surface area contributed by atoms with Crippen LogP contribution in [-0.2, 0) is 14.3 Å². The highest BCUT2D eigenvalue weighted by Gasteiger charge is 2.04. The number of ether oxygens (including phenoxy) is 1. The first-order valence-corrected chi connectivity index (χ1v) is 4.75. The van der Waals surface area contributed by atoms with Crippen molar-refractivity contribution in [3.8, 4) is 0 Å². The summed E-state index contributed by atoms with van der Waals surface area (Å²) < 4.78 is 4.61. The van der Waals surface area contributed by atoms with Crippen molar-refractivity contribution in [2.24, 2.45) is 4.99 Å². The molecule has 0 saturated carbocycles. The molecular weight excluding hydrogens is 236 g/mol. The van der Waals surface area contributed by atoms with Crippen LogP contribution >= 0.6 is 11.6 Å². The van der Waals surface area contributed by atoms with Gasteiger partial charge in [0.2, 0.25) is 5.91 Å². The first-order valence-electron chi connectivity index (χ1n) is 4.22. The smallest absolute Gasteiger partial charge is 0.347 e. The molecule has 0 radical (unpaired) electrons. The fraction of sp³-hybridized carbons (Fsp3) is 0.333. The van der Waals surface area contributed by atoms with Crippen molar-refractivity contribution in [2.45, 2.75) is 6.92 Å². The van der Waals surface area contributed by atoms with E-state index in [4.69, 9.17) is 11.6 Å². The summed E-state index contributed by atoms with van der Waals surface area (Å²) in [6.45, 7) is 4.68. The van der Waals surface area contributed by atoms with Crippen LogP contribution in [0.25, 0.3) is 0 Å². The van der Waals surface area contributed by atoms with Gasteiger partial charge >= 0.3 is 12.0 Å². The number of nitrogens with one attached hydrogen (secondary N) is 1. The van der Waals surface area contributed by atoms with Gasteiger partial charge in [0, 0.05) is 11.8 Å². The number of amides is 3. The molecule has 0 heterocycles. The summed E-state index contributed by atoms with van der Waals surface area (Å²) in [6.07, 6.45) is 1.05. The van der Waals surface area contributed by atoms with Crippen LogP contribution in [0.2, 0.25) is 0 Å². The van der Waals surface area contributed by atoms with Crippen molar-refractivity contribution in [1.29, 1.82) is 0 Å². The predicted molar refractivity (Wildman–Crippen MR) is 58.5 cm³/mol. The third-order valence-corrected chi connectivity index (χ3v) is 1.46. The van der Waals surface area contributed by atoms with Crippen LogP contribution in [0.1, 0.15) is 6.92 Å². The molecule has 0 rings (SSSR count). The molecule has 0 atom stereocenters. The molecule has 0 spiro atoms. The third-order valence-electron chi connectivity index (χ3n) is 1.21. The zero-order valence-electron chi connectivity index (χ0n) is 8.66. The van der Waals surface area contributed by atoms with Gasteiger partial charge < -0.3 is 4.74 Å². The fourth-order valence-corrected chi connectivity index (χ4v) is 0.608. The third kappa shape index (κ3) is 6.72. The minimum absolute atomic E-state index is 0.172. The number of alkyl halides is 1. The summed E-state index contributed by atoms with van der Waals surface area (Å²) in [5.74, 6) is -1.56. The van der Waals surface area contributed by atoms with Crippen LogP contribution in [0.15, 0.2) is 17.1 Å². The van der Waals surface area contributed by atoms with Gasteiger partial charge in [-0.05, 0) is 6.92 Å². The number of imide groups is 1. The average molecular weight is 247 g/mol. The van der Waals surface area contributed by atoms with Crippen LogP contribution < -0.4 is 5.32 Å². The molecule has 1 N–H and O–H groups in total. The summed E-state index contributed by atoms with van der Waals surface area (Å²) in [4.78, 5) is 35.6. The van der Waals surface area contributed by atoms with E-state index in [0.29, 0.717) is 0 Å². The number of carbonyl (C=O) groups is 3. The van der Waals surface area contributed by atoms with Crippen molar-refractivity contribution in [2.75, 3.05) is 12.5 Å². The molecule has 0 aliphatic carbocycles. The number of hydrogen-bond acceptors (Lipinski definition) is 4. The second-order valence-electron chi connectivity index (χ2n) is 2.68. The topological polar surface area (TPSA) is 84.8 Å². The van der Waals surface area contributed by atoms with E-state index >= 15 is 0 Å². The summed E-state index contributed by atoms with van der Waals surface area (Å²) in [5.41, 5.74) is 0.246. The van der Waals surface area contributed by atoms with Crippen molar-refractivity contribution in [1.82, 2.24) is 5.32 Å². The fourth-order valence-electron chi connectivity index (χ4n) is 0.541. The van der Waals surface area contributed by atoms with E-state index in [1.54, 1.807) is 0 Å². The highest BCUT2D eigenvalue weighted by Crippen LogP contribution is 1.90. The Hall–Kier alpha value is -1.69. The molecule has 88 valence electrons. The number of carbonyl (C=O) groups excluding carboxylic acids is 3. The lowest BCUT2D eigenvalue weighted by Gasteiger charge is -1.99. The van der Waals surface area contributed by atoms with E-state index < -0.39 is 17.9 Å². The zero-order valence-corrected chi connectivity index (χ0v) is 9.41. The van der Waals surface area contributed by atoms with Crippen molar-refractivity contribution >= 4 is 35.7 Å². The number of aliphatic imine (C=N–C) groups is 1. The summed E-state index contributed by atoms with van der Waals surface area (Å²) in [6, 6.07) is -0.864. The Kier molecular flexibility index (Phi) is 6.78. The van der Waals surface area contributed by atoms with E-state index in [2.05, 4.69) is 16.3 Å². The Morgan fingerprint density at radius 2 is 2.12 bits per heavy atom. The SMILES string of the molecule is C=C(C)C(=O)OCC=NC(=O)NC(=O)CCl. The number of esters is 1. The molecular formula is C9H11ClN2O4. The average Bonchev–Trinajstić information content (AvgIpc) is 2.23. The molecule has 0 aromatic rings.